The molecule has 0 aliphatic carbocycles. The number of benzene rings is 2. The molecule has 1 heterocycles. The zero-order valence-corrected chi connectivity index (χ0v) is 16.6. The number of hydrogen-bond donors (Lipinski definition) is 2. The summed E-state index contributed by atoms with van der Waals surface area (Å²) < 4.78 is 28.3. The molecule has 1 amide bonds. The number of amides is 1. The summed E-state index contributed by atoms with van der Waals surface area (Å²) in [5.41, 5.74) is 2.07. The molecule has 2 N–H and O–H groups in total. The average molecular weight is 408 g/mol. The Balaban J connectivity index is 1.64. The maximum atomic E-state index is 12.4. The summed E-state index contributed by atoms with van der Waals surface area (Å²) in [7, 11) is -3.68. The number of rotatable bonds is 7. The van der Waals surface area contributed by atoms with Crippen LogP contribution in [0.2, 0.25) is 0 Å². The molecule has 0 unspecified atom stereocenters. The molecule has 3 aromatic rings. The third-order valence-corrected chi connectivity index (χ3v) is 5.70. The van der Waals surface area contributed by atoms with Crippen molar-refractivity contribution in [3.8, 4) is 12.3 Å². The van der Waals surface area contributed by atoms with Crippen molar-refractivity contribution in [2.24, 2.45) is 0 Å². The van der Waals surface area contributed by atoms with Crippen LogP contribution in [0.1, 0.15) is 21.7 Å². The van der Waals surface area contributed by atoms with Crippen molar-refractivity contribution < 1.29 is 13.2 Å². The Labute approximate surface area is 169 Å². The van der Waals surface area contributed by atoms with Gasteiger partial charge in [0.15, 0.2) is 0 Å². The SMILES string of the molecule is C#CCNS(=O)(=O)c1ccc(C(=O)Nc2ccc(Cn3ccnc3C)cc2)cc1. The number of aromatic nitrogens is 2. The first-order valence-electron chi connectivity index (χ1n) is 8.80. The van der Waals surface area contributed by atoms with E-state index in [0.717, 1.165) is 11.4 Å². The van der Waals surface area contributed by atoms with Crippen LogP contribution in [0, 0.1) is 19.3 Å². The van der Waals surface area contributed by atoms with Crippen LogP contribution in [0.4, 0.5) is 5.69 Å². The molecule has 148 valence electrons. The normalized spacial score (nSPS) is 11.0. The monoisotopic (exact) mass is 408 g/mol. The fourth-order valence-corrected chi connectivity index (χ4v) is 3.60. The number of terminal acetylenes is 1. The van der Waals surface area contributed by atoms with Gasteiger partial charge in [-0.2, -0.15) is 4.72 Å². The molecular weight excluding hydrogens is 388 g/mol. The van der Waals surface area contributed by atoms with Crippen LogP contribution >= 0.6 is 0 Å². The molecule has 0 radical (unpaired) electrons. The molecule has 0 spiro atoms. The van der Waals surface area contributed by atoms with E-state index in [-0.39, 0.29) is 17.3 Å². The highest BCUT2D eigenvalue weighted by Crippen LogP contribution is 2.15. The van der Waals surface area contributed by atoms with E-state index in [4.69, 9.17) is 6.42 Å². The minimum Gasteiger partial charge on any atom is -0.331 e. The Bertz CT molecular complexity index is 1140. The van der Waals surface area contributed by atoms with E-state index >= 15 is 0 Å². The number of anilines is 1. The Kier molecular flexibility index (Phi) is 6.12. The van der Waals surface area contributed by atoms with Crippen molar-refractivity contribution in [3.63, 3.8) is 0 Å². The maximum Gasteiger partial charge on any atom is 0.255 e. The van der Waals surface area contributed by atoms with E-state index in [1.165, 1.54) is 24.3 Å². The lowest BCUT2D eigenvalue weighted by Crippen LogP contribution is -2.24. The second-order valence-electron chi connectivity index (χ2n) is 6.31. The number of nitrogens with one attached hydrogen (secondary N) is 2. The summed E-state index contributed by atoms with van der Waals surface area (Å²) in [5, 5.41) is 2.80. The van der Waals surface area contributed by atoms with Gasteiger partial charge >= 0.3 is 0 Å². The first kappa shape index (κ1) is 20.3. The van der Waals surface area contributed by atoms with E-state index in [1.807, 2.05) is 42.0 Å². The van der Waals surface area contributed by atoms with Gasteiger partial charge in [0.2, 0.25) is 10.0 Å². The van der Waals surface area contributed by atoms with E-state index < -0.39 is 10.0 Å². The number of nitrogens with zero attached hydrogens (tertiary/aromatic N) is 2. The van der Waals surface area contributed by atoms with Gasteiger partial charge in [0, 0.05) is 30.2 Å². The van der Waals surface area contributed by atoms with E-state index in [9.17, 15) is 13.2 Å². The van der Waals surface area contributed by atoms with Crippen LogP contribution in [0.3, 0.4) is 0 Å². The fraction of sp³-hybridized carbons (Fsp3) is 0.143. The molecular formula is C21H20N4O3S. The van der Waals surface area contributed by atoms with Gasteiger partial charge < -0.3 is 9.88 Å². The van der Waals surface area contributed by atoms with Gasteiger partial charge in [0.1, 0.15) is 5.82 Å². The van der Waals surface area contributed by atoms with Crippen molar-refractivity contribution >= 4 is 21.6 Å². The summed E-state index contributed by atoms with van der Waals surface area (Å²) in [6.45, 7) is 2.54. The predicted octanol–water partition coefficient (Wildman–Crippen LogP) is 2.40. The molecule has 2 aromatic carbocycles. The van der Waals surface area contributed by atoms with E-state index in [1.54, 1.807) is 6.20 Å². The molecule has 3 rings (SSSR count). The molecule has 0 saturated carbocycles. The molecule has 1 aromatic heterocycles. The van der Waals surface area contributed by atoms with Gasteiger partial charge in [-0.05, 0) is 48.9 Å². The predicted molar refractivity (Wildman–Crippen MR) is 111 cm³/mol. The summed E-state index contributed by atoms with van der Waals surface area (Å²) in [6, 6.07) is 13.1. The molecule has 0 atom stereocenters. The Morgan fingerprint density at radius 2 is 1.83 bits per heavy atom. The summed E-state index contributed by atoms with van der Waals surface area (Å²) in [6.07, 6.45) is 8.74. The minimum absolute atomic E-state index is 0.0449. The van der Waals surface area contributed by atoms with E-state index in [2.05, 4.69) is 20.9 Å². The van der Waals surface area contributed by atoms with Gasteiger partial charge in [-0.1, -0.05) is 18.1 Å². The first-order chi connectivity index (χ1) is 13.9. The van der Waals surface area contributed by atoms with Crippen LogP contribution in [0.15, 0.2) is 65.8 Å². The molecule has 8 heteroatoms. The highest BCUT2D eigenvalue weighted by molar-refractivity contribution is 7.89. The average Bonchev–Trinajstić information content (AvgIpc) is 3.12. The molecule has 0 aliphatic rings. The number of sulfonamides is 1. The summed E-state index contributed by atoms with van der Waals surface area (Å²) >= 11 is 0. The Hall–Kier alpha value is -3.41. The molecule has 0 bridgehead atoms. The molecule has 0 aliphatic heterocycles. The zero-order chi connectivity index (χ0) is 20.9. The number of carbonyl (C=O) groups is 1. The van der Waals surface area contributed by atoms with Gasteiger partial charge in [0.25, 0.3) is 5.91 Å². The number of hydrogen-bond acceptors (Lipinski definition) is 4. The van der Waals surface area contributed by atoms with Crippen LogP contribution in [0.5, 0.6) is 0 Å². The van der Waals surface area contributed by atoms with Crippen molar-refractivity contribution in [2.45, 2.75) is 18.4 Å². The number of carbonyl (C=O) groups excluding carboxylic acids is 1. The third-order valence-electron chi connectivity index (χ3n) is 4.28. The smallest absolute Gasteiger partial charge is 0.255 e. The van der Waals surface area contributed by atoms with Gasteiger partial charge in [-0.25, -0.2) is 13.4 Å². The zero-order valence-electron chi connectivity index (χ0n) is 15.8. The third kappa shape index (κ3) is 5.10. The first-order valence-corrected chi connectivity index (χ1v) is 10.3. The van der Waals surface area contributed by atoms with Gasteiger partial charge in [-0.3, -0.25) is 4.79 Å². The summed E-state index contributed by atoms with van der Waals surface area (Å²) in [4.78, 5) is 16.7. The van der Waals surface area contributed by atoms with Crippen molar-refractivity contribution in [3.05, 3.63) is 77.9 Å². The molecule has 7 nitrogen and oxygen atoms in total. The van der Waals surface area contributed by atoms with Crippen LogP contribution in [-0.4, -0.2) is 30.4 Å². The minimum atomic E-state index is -3.68. The number of aryl methyl sites for hydroxylation is 1. The lowest BCUT2D eigenvalue weighted by atomic mass is 10.2. The second-order valence-corrected chi connectivity index (χ2v) is 8.07. The lowest BCUT2D eigenvalue weighted by Gasteiger charge is -2.09. The summed E-state index contributed by atoms with van der Waals surface area (Å²) in [5.74, 6) is 2.81. The highest BCUT2D eigenvalue weighted by atomic mass is 32.2. The molecule has 0 saturated heterocycles. The van der Waals surface area contributed by atoms with Crippen molar-refractivity contribution in [2.75, 3.05) is 11.9 Å². The quantitative estimate of drug-likeness (QED) is 0.587. The lowest BCUT2D eigenvalue weighted by molar-refractivity contribution is 0.102. The van der Waals surface area contributed by atoms with Gasteiger partial charge in [0.05, 0.1) is 11.4 Å². The van der Waals surface area contributed by atoms with Crippen molar-refractivity contribution in [1.29, 1.82) is 0 Å². The second kappa shape index (κ2) is 8.73. The van der Waals surface area contributed by atoms with Crippen LogP contribution in [0.25, 0.3) is 0 Å². The largest absolute Gasteiger partial charge is 0.331 e. The highest BCUT2D eigenvalue weighted by Gasteiger charge is 2.14. The molecule has 0 fully saturated rings. The maximum absolute atomic E-state index is 12.4. The molecule has 29 heavy (non-hydrogen) atoms. The van der Waals surface area contributed by atoms with Gasteiger partial charge in [-0.15, -0.1) is 6.42 Å². The van der Waals surface area contributed by atoms with E-state index in [0.29, 0.717) is 17.8 Å². The number of imidazole rings is 1. The standard InChI is InChI=1S/C21H20N4O3S/c1-3-12-23-29(27,28)20-10-6-18(7-11-20)21(26)24-19-8-4-17(5-9-19)15-25-14-13-22-16(25)2/h1,4-11,13-14,23H,12,15H2,2H3,(H,24,26). The fourth-order valence-electron chi connectivity index (χ4n) is 2.67. The van der Waals surface area contributed by atoms with Crippen LogP contribution < -0.4 is 10.0 Å². The topological polar surface area (TPSA) is 93.1 Å². The van der Waals surface area contributed by atoms with Crippen LogP contribution in [-0.2, 0) is 16.6 Å². The Morgan fingerprint density at radius 1 is 1.14 bits per heavy atom. The van der Waals surface area contributed by atoms with Crippen molar-refractivity contribution in [1.82, 2.24) is 14.3 Å². The Morgan fingerprint density at radius 3 is 2.41 bits per heavy atom.